The van der Waals surface area contributed by atoms with E-state index in [2.05, 4.69) is 36.8 Å². The first-order chi connectivity index (χ1) is 36.7. The van der Waals surface area contributed by atoms with Crippen molar-refractivity contribution in [3.05, 3.63) is 64.7 Å². The maximum atomic E-state index is 14.3. The van der Waals surface area contributed by atoms with E-state index >= 15 is 0 Å². The third-order valence-corrected chi connectivity index (χ3v) is 14.0. The summed E-state index contributed by atoms with van der Waals surface area (Å²) in [5.41, 5.74) is 3.50. The number of aliphatic carboxylic acids is 3. The van der Waals surface area contributed by atoms with E-state index in [9.17, 15) is 73.2 Å². The van der Waals surface area contributed by atoms with Crippen LogP contribution in [0.25, 0.3) is 0 Å². The molecule has 2 saturated heterocycles. The van der Waals surface area contributed by atoms with E-state index in [0.717, 1.165) is 16.7 Å². The van der Waals surface area contributed by atoms with E-state index < -0.39 is 127 Å². The Morgan fingerprint density at radius 3 is 1.91 bits per heavy atom. The highest BCUT2D eigenvalue weighted by molar-refractivity contribution is 6.08. The van der Waals surface area contributed by atoms with E-state index in [-0.39, 0.29) is 45.2 Å². The maximum absolute atomic E-state index is 14.3. The van der Waals surface area contributed by atoms with Gasteiger partial charge in [0.25, 0.3) is 0 Å². The molecule has 7 atom stereocenters. The van der Waals surface area contributed by atoms with Gasteiger partial charge in [0.1, 0.15) is 30.2 Å². The van der Waals surface area contributed by atoms with Crippen molar-refractivity contribution in [2.75, 3.05) is 70.3 Å². The third-order valence-electron chi connectivity index (χ3n) is 14.0. The topological polar surface area (TPSA) is 363 Å². The number of nitrogens with zero attached hydrogens (tertiary/aromatic N) is 4. The predicted molar refractivity (Wildman–Crippen MR) is 270 cm³/mol. The monoisotopic (exact) mass is 1080 g/mol. The molecule has 0 aliphatic carbocycles. The van der Waals surface area contributed by atoms with E-state index in [4.69, 9.17) is 4.74 Å². The molecular formula is C51H68N10O16. The number of carbonyl (C=O) groups excluding carboxylic acids is 8. The Kier molecular flexibility index (Phi) is 21.0. The van der Waals surface area contributed by atoms with Crippen molar-refractivity contribution in [3.8, 4) is 0 Å². The molecule has 2 fully saturated rings. The second-order valence-corrected chi connectivity index (χ2v) is 19.7. The molecule has 4 aliphatic heterocycles. The number of aliphatic hydroxyl groups is 1. The van der Waals surface area contributed by atoms with E-state index in [0.29, 0.717) is 69.9 Å². The zero-order valence-corrected chi connectivity index (χ0v) is 43.0. The van der Waals surface area contributed by atoms with Crippen LogP contribution in [0.4, 0.5) is 5.69 Å². The summed E-state index contributed by atoms with van der Waals surface area (Å²) in [4.78, 5) is 147. The van der Waals surface area contributed by atoms with Gasteiger partial charge in [0.15, 0.2) is 0 Å². The first-order valence-electron chi connectivity index (χ1n) is 25.6. The van der Waals surface area contributed by atoms with Gasteiger partial charge in [0.05, 0.1) is 44.7 Å². The number of esters is 1. The van der Waals surface area contributed by atoms with Crippen molar-refractivity contribution in [1.82, 2.24) is 46.6 Å². The van der Waals surface area contributed by atoms with Gasteiger partial charge in [-0.05, 0) is 47.4 Å². The highest BCUT2D eigenvalue weighted by Crippen LogP contribution is 2.39. The molecule has 77 heavy (non-hydrogen) atoms. The van der Waals surface area contributed by atoms with Crippen molar-refractivity contribution >= 4 is 70.9 Å². The fraction of sp³-hybridized carbons (Fsp3) is 0.549. The quantitative estimate of drug-likeness (QED) is 0.0471. The van der Waals surface area contributed by atoms with Crippen molar-refractivity contribution in [2.24, 2.45) is 5.92 Å². The van der Waals surface area contributed by atoms with Gasteiger partial charge in [0.2, 0.25) is 47.6 Å². The predicted octanol–water partition coefficient (Wildman–Crippen LogP) is -2.93. The maximum Gasteiger partial charge on any atom is 0.317 e. The first-order valence-corrected chi connectivity index (χ1v) is 25.6. The second kappa shape index (κ2) is 27.5. The van der Waals surface area contributed by atoms with Crippen LogP contribution < -0.4 is 36.8 Å². The molecule has 0 saturated carbocycles. The lowest BCUT2D eigenvalue weighted by atomic mass is 9.97. The molecule has 0 spiro atoms. The van der Waals surface area contributed by atoms with Crippen LogP contribution in [0.15, 0.2) is 42.5 Å². The van der Waals surface area contributed by atoms with E-state index in [1.165, 1.54) is 4.90 Å². The number of benzene rings is 2. The van der Waals surface area contributed by atoms with Crippen molar-refractivity contribution in [3.63, 3.8) is 0 Å². The average molecular weight is 1080 g/mol. The Labute approximate surface area is 443 Å². The molecule has 26 heteroatoms. The molecular weight excluding hydrogens is 1010 g/mol. The fourth-order valence-corrected chi connectivity index (χ4v) is 9.67. The summed E-state index contributed by atoms with van der Waals surface area (Å²) in [6.07, 6.45) is -1.70. The number of rotatable bonds is 24. The van der Waals surface area contributed by atoms with E-state index in [1.54, 1.807) is 47.9 Å². The van der Waals surface area contributed by atoms with E-state index in [1.807, 2.05) is 18.2 Å². The summed E-state index contributed by atoms with van der Waals surface area (Å²) in [7, 11) is 0. The molecule has 7 amide bonds. The molecule has 418 valence electrons. The molecule has 2 aromatic carbocycles. The lowest BCUT2D eigenvalue weighted by Gasteiger charge is -2.30. The molecule has 2 unspecified atom stereocenters. The standard InChI is InChI=1S/C51H68N10O16/c1-3-29(2)45(49(74)55-35-12-11-32-5-4-6-33-22-37(61(46(32)33)50(35)75)48(73)56-36-23-44(71)77-51(36)76)57-40(64)25-52-39(63)24-53-47(72)34(13-14-41(65)66)54-38(62)21-30-7-9-31(10-8-30)26-58-15-17-59(27-42(67)68)19-20-60(18-16-58)28-43(69)70/h4-10,29,34-37,45,51,76H,3,11-28H2,1-2H3,(H,52,63)(H,53,72)(H,54,62)(H,55,74)(H,56,73)(H,57,64)(H,65,66)(H,67,68)(H,69,70)/t29-,34+,35-,36?,37-,45-,51?/m0/s1. The Hall–Kier alpha value is -7.55. The number of para-hydroxylation sites is 1. The molecule has 10 N–H and O–H groups in total. The highest BCUT2D eigenvalue weighted by Gasteiger charge is 2.46. The molecule has 0 aromatic heterocycles. The van der Waals surface area contributed by atoms with Gasteiger partial charge in [-0.3, -0.25) is 72.3 Å². The number of anilines is 1. The van der Waals surface area contributed by atoms with Crippen LogP contribution in [-0.2, 0) is 83.3 Å². The number of carbonyl (C=O) groups is 11. The number of amides is 7. The lowest BCUT2D eigenvalue weighted by Crippen LogP contribution is -2.59. The molecule has 0 radical (unpaired) electrons. The summed E-state index contributed by atoms with van der Waals surface area (Å²) in [6.45, 7) is 5.11. The van der Waals surface area contributed by atoms with Gasteiger partial charge in [-0.15, -0.1) is 0 Å². The largest absolute Gasteiger partial charge is 0.481 e. The van der Waals surface area contributed by atoms with Gasteiger partial charge in [-0.25, -0.2) is 0 Å². The number of aliphatic hydroxyl groups excluding tert-OH is 1. The number of hydrogen-bond donors (Lipinski definition) is 10. The average Bonchev–Trinajstić information content (AvgIpc) is 3.93. The van der Waals surface area contributed by atoms with Crippen LogP contribution in [0, 0.1) is 5.92 Å². The molecule has 2 aromatic rings. The Bertz CT molecular complexity index is 2520. The first kappa shape index (κ1) is 58.7. The number of aryl methyl sites for hydroxylation is 1. The van der Waals surface area contributed by atoms with Crippen LogP contribution >= 0.6 is 0 Å². The van der Waals surface area contributed by atoms with Crippen LogP contribution in [0.5, 0.6) is 0 Å². The van der Waals surface area contributed by atoms with Crippen LogP contribution in [0.2, 0.25) is 0 Å². The minimum atomic E-state index is -1.55. The smallest absolute Gasteiger partial charge is 0.317 e. The summed E-state index contributed by atoms with van der Waals surface area (Å²) in [5.74, 6) is -9.30. The van der Waals surface area contributed by atoms with Gasteiger partial charge in [-0.2, -0.15) is 0 Å². The minimum absolute atomic E-state index is 0.142. The number of ether oxygens (including phenoxy) is 1. The minimum Gasteiger partial charge on any atom is -0.481 e. The zero-order valence-electron chi connectivity index (χ0n) is 43.0. The SMILES string of the molecule is CC[C@H](C)[C@H](NC(=O)CNC(=O)CNC(=O)[C@@H](CCC(=O)O)NC(=O)Cc1ccc(CN2CCN(CC(=O)O)CCN(CC(=O)O)CC2)cc1)C(=O)N[C@H]1CCc2cccc3c2N(C1=O)[C@H](C(=O)NC1CC(=O)OC1O)C3. The third kappa shape index (κ3) is 17.0. The second-order valence-electron chi connectivity index (χ2n) is 19.7. The summed E-state index contributed by atoms with van der Waals surface area (Å²) in [5, 5.41) is 53.4. The summed E-state index contributed by atoms with van der Waals surface area (Å²) in [6, 6.07) is 6.75. The number of hydrogen-bond acceptors (Lipinski definition) is 16. The van der Waals surface area contributed by atoms with Gasteiger partial charge < -0.3 is 57.1 Å². The zero-order chi connectivity index (χ0) is 55.9. The number of nitrogens with one attached hydrogen (secondary N) is 6. The molecule has 26 nitrogen and oxygen atoms in total. The van der Waals surface area contributed by atoms with Crippen LogP contribution in [-0.4, -0.2) is 202 Å². The summed E-state index contributed by atoms with van der Waals surface area (Å²) >= 11 is 0. The summed E-state index contributed by atoms with van der Waals surface area (Å²) < 4.78 is 4.75. The number of cyclic esters (lactones) is 1. The van der Waals surface area contributed by atoms with Crippen molar-refractivity contribution < 1.29 is 77.9 Å². The van der Waals surface area contributed by atoms with Crippen molar-refractivity contribution in [1.29, 1.82) is 0 Å². The van der Waals surface area contributed by atoms with Gasteiger partial charge >= 0.3 is 23.9 Å². The number of carboxylic acid groups (broad SMARTS) is 3. The number of carboxylic acids is 3. The normalized spacial score (nSPS) is 21.1. The fourth-order valence-electron chi connectivity index (χ4n) is 9.67. The Morgan fingerprint density at radius 1 is 0.701 bits per heavy atom. The Balaban J connectivity index is 0.979. The Morgan fingerprint density at radius 2 is 1.31 bits per heavy atom. The van der Waals surface area contributed by atoms with Gasteiger partial charge in [0, 0.05) is 58.7 Å². The van der Waals surface area contributed by atoms with Crippen LogP contribution in [0.3, 0.4) is 0 Å². The highest BCUT2D eigenvalue weighted by atomic mass is 16.6. The molecule has 4 heterocycles. The lowest BCUT2D eigenvalue weighted by molar-refractivity contribution is -0.155. The van der Waals surface area contributed by atoms with Crippen molar-refractivity contribution in [2.45, 2.75) is 108 Å². The molecule has 0 bridgehead atoms. The molecule has 6 rings (SSSR count). The van der Waals surface area contributed by atoms with Crippen LogP contribution in [0.1, 0.15) is 68.2 Å². The van der Waals surface area contributed by atoms with Gasteiger partial charge in [-0.1, -0.05) is 62.7 Å². The molecule has 4 aliphatic rings.